The number of anilines is 1. The van der Waals surface area contributed by atoms with Crippen molar-refractivity contribution in [2.75, 3.05) is 11.9 Å². The minimum absolute atomic E-state index is 0.113. The largest absolute Gasteiger partial charge is 0.465 e. The van der Waals surface area contributed by atoms with Gasteiger partial charge in [0.25, 0.3) is 0 Å². The number of nitrogens with one attached hydrogen (secondary N) is 1. The van der Waals surface area contributed by atoms with Crippen LogP contribution >= 0.6 is 11.3 Å². The van der Waals surface area contributed by atoms with Gasteiger partial charge in [0.2, 0.25) is 0 Å². The van der Waals surface area contributed by atoms with Crippen molar-refractivity contribution in [3.63, 3.8) is 0 Å². The van der Waals surface area contributed by atoms with Crippen LogP contribution in [0.5, 0.6) is 0 Å². The molecule has 0 spiro atoms. The minimum Gasteiger partial charge on any atom is -0.465 e. The molecule has 1 aromatic heterocycles. The summed E-state index contributed by atoms with van der Waals surface area (Å²) in [6.45, 7) is 4.51. The molecule has 0 radical (unpaired) electrons. The first kappa shape index (κ1) is 12.9. The van der Waals surface area contributed by atoms with Gasteiger partial charge in [-0.15, -0.1) is 11.3 Å². The van der Waals surface area contributed by atoms with E-state index in [-0.39, 0.29) is 17.4 Å². The third-order valence-electron chi connectivity index (χ3n) is 3.93. The van der Waals surface area contributed by atoms with Crippen LogP contribution in [0.3, 0.4) is 0 Å². The Labute approximate surface area is 117 Å². The first-order valence-corrected chi connectivity index (χ1v) is 7.87. The molecule has 4 nitrogen and oxygen atoms in total. The highest BCUT2D eigenvalue weighted by atomic mass is 32.1. The highest BCUT2D eigenvalue weighted by Gasteiger charge is 2.39. The predicted octanol–water partition coefficient (Wildman–Crippen LogP) is 3.09. The number of aryl methyl sites for hydroxylation is 1. The Kier molecular flexibility index (Phi) is 3.25. The maximum Gasteiger partial charge on any atom is 0.315 e. The van der Waals surface area contributed by atoms with Gasteiger partial charge in [0.05, 0.1) is 12.3 Å². The standard InChI is InChI=1S/C14H20N2O2S/c1-3-18-12(17)9-5-4-6-10-11(9)15-13(19-10)16-14(2)7-8-14/h9H,3-8H2,1-2H3,(H,15,16). The summed E-state index contributed by atoms with van der Waals surface area (Å²) in [5, 5.41) is 4.47. The lowest BCUT2D eigenvalue weighted by Gasteiger charge is -2.19. The van der Waals surface area contributed by atoms with Gasteiger partial charge in [0, 0.05) is 10.4 Å². The van der Waals surface area contributed by atoms with Crippen LogP contribution < -0.4 is 5.32 Å². The fourth-order valence-electron chi connectivity index (χ4n) is 2.51. The van der Waals surface area contributed by atoms with Crippen molar-refractivity contribution in [2.45, 2.75) is 57.4 Å². The topological polar surface area (TPSA) is 51.2 Å². The average Bonchev–Trinajstić information content (AvgIpc) is 2.95. The van der Waals surface area contributed by atoms with Gasteiger partial charge in [-0.3, -0.25) is 4.79 Å². The smallest absolute Gasteiger partial charge is 0.315 e. The molecule has 1 aromatic rings. The maximum atomic E-state index is 12.0. The van der Waals surface area contributed by atoms with Crippen molar-refractivity contribution >= 4 is 22.4 Å². The first-order chi connectivity index (χ1) is 9.11. The molecule has 0 aromatic carbocycles. The van der Waals surface area contributed by atoms with Gasteiger partial charge < -0.3 is 10.1 Å². The fourth-order valence-corrected chi connectivity index (χ4v) is 3.73. The number of thiazole rings is 1. The maximum absolute atomic E-state index is 12.0. The molecule has 0 aliphatic heterocycles. The number of hydrogen-bond acceptors (Lipinski definition) is 5. The molecule has 3 rings (SSSR count). The number of ether oxygens (including phenoxy) is 1. The molecule has 2 aliphatic rings. The van der Waals surface area contributed by atoms with Crippen LogP contribution in [0.4, 0.5) is 5.13 Å². The Hall–Kier alpha value is -1.10. The van der Waals surface area contributed by atoms with E-state index in [1.807, 2.05) is 6.92 Å². The van der Waals surface area contributed by atoms with Crippen LogP contribution in [0.1, 0.15) is 56.0 Å². The van der Waals surface area contributed by atoms with Crippen LogP contribution in [0, 0.1) is 0 Å². The Balaban J connectivity index is 1.81. The van der Waals surface area contributed by atoms with Crippen LogP contribution in [-0.4, -0.2) is 23.1 Å². The zero-order chi connectivity index (χ0) is 13.5. The van der Waals surface area contributed by atoms with Gasteiger partial charge >= 0.3 is 5.97 Å². The SMILES string of the molecule is CCOC(=O)C1CCCc2sc(NC3(C)CC3)nc21. The number of rotatable bonds is 4. The van der Waals surface area contributed by atoms with Crippen LogP contribution in [0.25, 0.3) is 0 Å². The van der Waals surface area contributed by atoms with E-state index < -0.39 is 0 Å². The lowest BCUT2D eigenvalue weighted by Crippen LogP contribution is -2.21. The summed E-state index contributed by atoms with van der Waals surface area (Å²) in [6, 6.07) is 0. The molecule has 1 saturated carbocycles. The van der Waals surface area contributed by atoms with E-state index in [1.54, 1.807) is 11.3 Å². The summed E-state index contributed by atoms with van der Waals surface area (Å²) in [6.07, 6.45) is 5.38. The first-order valence-electron chi connectivity index (χ1n) is 7.06. The molecule has 1 unspecified atom stereocenters. The Morgan fingerprint density at radius 1 is 1.58 bits per heavy atom. The second-order valence-corrected chi connectivity index (χ2v) is 6.79. The van der Waals surface area contributed by atoms with Crippen molar-refractivity contribution in [3.05, 3.63) is 10.6 Å². The molecule has 2 aliphatic carbocycles. The second-order valence-electron chi connectivity index (χ2n) is 5.71. The van der Waals surface area contributed by atoms with Crippen LogP contribution in [0.2, 0.25) is 0 Å². The summed E-state index contributed by atoms with van der Waals surface area (Å²) >= 11 is 1.71. The van der Waals surface area contributed by atoms with E-state index in [2.05, 4.69) is 17.2 Å². The molecule has 0 saturated heterocycles. The van der Waals surface area contributed by atoms with Crippen molar-refractivity contribution < 1.29 is 9.53 Å². The van der Waals surface area contributed by atoms with E-state index in [0.29, 0.717) is 6.61 Å². The zero-order valence-corrected chi connectivity index (χ0v) is 12.3. The van der Waals surface area contributed by atoms with Crippen LogP contribution in [-0.2, 0) is 16.0 Å². The highest BCUT2D eigenvalue weighted by molar-refractivity contribution is 7.15. The third kappa shape index (κ3) is 2.61. The van der Waals surface area contributed by atoms with Crippen molar-refractivity contribution in [2.24, 2.45) is 0 Å². The molecule has 104 valence electrons. The normalized spacial score (nSPS) is 23.6. The minimum atomic E-state index is -0.150. The Morgan fingerprint density at radius 3 is 3.05 bits per heavy atom. The summed E-state index contributed by atoms with van der Waals surface area (Å²) in [5.74, 6) is -0.263. The van der Waals surface area contributed by atoms with Gasteiger partial charge in [0.1, 0.15) is 5.92 Å². The molecular weight excluding hydrogens is 260 g/mol. The van der Waals surface area contributed by atoms with Crippen molar-refractivity contribution in [1.82, 2.24) is 4.98 Å². The molecule has 1 fully saturated rings. The molecular formula is C14H20N2O2S. The van der Waals surface area contributed by atoms with Gasteiger partial charge in [-0.25, -0.2) is 4.98 Å². The van der Waals surface area contributed by atoms with Gasteiger partial charge in [-0.1, -0.05) is 0 Å². The van der Waals surface area contributed by atoms with Crippen molar-refractivity contribution in [3.8, 4) is 0 Å². The predicted molar refractivity (Wildman–Crippen MR) is 75.7 cm³/mol. The number of carbonyl (C=O) groups is 1. The Bertz CT molecular complexity index is 494. The summed E-state index contributed by atoms with van der Waals surface area (Å²) in [5.41, 5.74) is 1.20. The quantitative estimate of drug-likeness (QED) is 0.861. The molecule has 19 heavy (non-hydrogen) atoms. The van der Waals surface area contributed by atoms with Gasteiger partial charge in [-0.2, -0.15) is 0 Å². The summed E-state index contributed by atoms with van der Waals surface area (Å²) in [7, 11) is 0. The van der Waals surface area contributed by atoms with E-state index in [4.69, 9.17) is 4.74 Å². The lowest BCUT2D eigenvalue weighted by atomic mass is 9.91. The highest BCUT2D eigenvalue weighted by Crippen LogP contribution is 2.42. The molecule has 0 bridgehead atoms. The summed E-state index contributed by atoms with van der Waals surface area (Å²) < 4.78 is 5.17. The van der Waals surface area contributed by atoms with E-state index in [9.17, 15) is 4.79 Å². The molecule has 0 amide bonds. The number of fused-ring (bicyclic) bond motifs is 1. The second kappa shape index (κ2) is 4.78. The number of hydrogen-bond donors (Lipinski definition) is 1. The van der Waals surface area contributed by atoms with E-state index in [0.717, 1.165) is 30.1 Å². The lowest BCUT2D eigenvalue weighted by molar-refractivity contribution is -0.145. The third-order valence-corrected chi connectivity index (χ3v) is 4.98. The average molecular weight is 280 g/mol. The fraction of sp³-hybridized carbons (Fsp3) is 0.714. The number of esters is 1. The molecule has 1 heterocycles. The summed E-state index contributed by atoms with van der Waals surface area (Å²) in [4.78, 5) is 17.9. The monoisotopic (exact) mass is 280 g/mol. The Morgan fingerprint density at radius 2 is 2.37 bits per heavy atom. The van der Waals surface area contributed by atoms with Gasteiger partial charge in [0.15, 0.2) is 5.13 Å². The molecule has 1 N–H and O–H groups in total. The number of nitrogens with zero attached hydrogens (tertiary/aromatic N) is 1. The van der Waals surface area contributed by atoms with Crippen molar-refractivity contribution in [1.29, 1.82) is 0 Å². The zero-order valence-electron chi connectivity index (χ0n) is 11.5. The number of aromatic nitrogens is 1. The molecule has 5 heteroatoms. The van der Waals surface area contributed by atoms with Crippen LogP contribution in [0.15, 0.2) is 0 Å². The number of carbonyl (C=O) groups excluding carboxylic acids is 1. The van der Waals surface area contributed by atoms with E-state index in [1.165, 1.54) is 17.7 Å². The van der Waals surface area contributed by atoms with Gasteiger partial charge in [-0.05, 0) is 46.0 Å². The van der Waals surface area contributed by atoms with E-state index >= 15 is 0 Å². The molecule has 1 atom stereocenters.